The molecule has 180 valence electrons. The molecular weight excluding hydrogens is 502 g/mol. The molecule has 0 aliphatic heterocycles. The van der Waals surface area contributed by atoms with Crippen LogP contribution >= 0.6 is 34.4 Å². The highest BCUT2D eigenvalue weighted by molar-refractivity contribution is 7.99. The maximum atomic E-state index is 12.8. The van der Waals surface area contributed by atoms with Gasteiger partial charge in [0.2, 0.25) is 5.91 Å². The van der Waals surface area contributed by atoms with E-state index in [1.54, 1.807) is 6.92 Å². The average molecular weight is 526 g/mol. The van der Waals surface area contributed by atoms with Crippen LogP contribution in [0.1, 0.15) is 40.6 Å². The highest BCUT2D eigenvalue weighted by Gasteiger charge is 2.27. The van der Waals surface area contributed by atoms with Gasteiger partial charge in [-0.1, -0.05) is 42.1 Å². The largest absolute Gasteiger partial charge is 0.462 e. The number of aryl methyl sites for hydroxylation is 1. The smallest absolute Gasteiger partial charge is 0.341 e. The average Bonchev–Trinajstić information content (AvgIpc) is 3.45. The number of nitrogens with zero attached hydrogens (tertiary/aromatic N) is 1. The predicted molar refractivity (Wildman–Crippen MR) is 142 cm³/mol. The summed E-state index contributed by atoms with van der Waals surface area (Å²) in [6.07, 6.45) is 3.83. The van der Waals surface area contributed by atoms with Gasteiger partial charge in [-0.05, 0) is 43.7 Å². The van der Waals surface area contributed by atoms with Crippen molar-refractivity contribution in [2.45, 2.75) is 37.8 Å². The summed E-state index contributed by atoms with van der Waals surface area (Å²) in [4.78, 5) is 47.3. The molecule has 0 atom stereocenters. The van der Waals surface area contributed by atoms with E-state index in [9.17, 15) is 14.4 Å². The number of ether oxygens (including phenoxy) is 1. The molecule has 0 bridgehead atoms. The second-order valence-corrected chi connectivity index (χ2v) is 11.0. The summed E-state index contributed by atoms with van der Waals surface area (Å²) in [5.74, 6) is -0.604. The maximum absolute atomic E-state index is 12.8. The van der Waals surface area contributed by atoms with Crippen molar-refractivity contribution in [2.24, 2.45) is 0 Å². The predicted octanol–water partition coefficient (Wildman–Crippen LogP) is 5.50. The van der Waals surface area contributed by atoms with Crippen LogP contribution in [-0.4, -0.2) is 34.2 Å². The molecule has 0 fully saturated rings. The van der Waals surface area contributed by atoms with Crippen molar-refractivity contribution in [1.82, 2.24) is 9.97 Å². The zero-order valence-corrected chi connectivity index (χ0v) is 21.5. The number of thiophene rings is 2. The molecule has 0 radical (unpaired) electrons. The van der Waals surface area contributed by atoms with Crippen molar-refractivity contribution in [3.63, 3.8) is 0 Å². The molecule has 3 aromatic heterocycles. The Kier molecular flexibility index (Phi) is 7.03. The van der Waals surface area contributed by atoms with Gasteiger partial charge in [0.05, 0.1) is 23.3 Å². The number of carbonyl (C=O) groups excluding carboxylic acids is 2. The van der Waals surface area contributed by atoms with Gasteiger partial charge in [-0.15, -0.1) is 22.7 Å². The number of thioether (sulfide) groups is 1. The highest BCUT2D eigenvalue weighted by atomic mass is 32.2. The van der Waals surface area contributed by atoms with Gasteiger partial charge in [0, 0.05) is 15.8 Å². The van der Waals surface area contributed by atoms with Crippen molar-refractivity contribution in [3.05, 3.63) is 62.1 Å². The number of rotatable bonds is 7. The molecule has 1 aliphatic rings. The second-order valence-electron chi connectivity index (χ2n) is 8.04. The maximum Gasteiger partial charge on any atom is 0.341 e. The third-order valence-corrected chi connectivity index (χ3v) is 8.70. The molecular formula is C25H23N3O4S3. The fourth-order valence-corrected chi connectivity index (χ4v) is 7.16. The Labute approximate surface area is 213 Å². The number of hydrogen-bond donors (Lipinski definition) is 2. The number of aromatic nitrogens is 2. The Morgan fingerprint density at radius 2 is 2.00 bits per heavy atom. The number of fused-ring (bicyclic) bond motifs is 2. The van der Waals surface area contributed by atoms with E-state index in [2.05, 4.69) is 15.3 Å². The molecule has 5 rings (SSSR count). The highest BCUT2D eigenvalue weighted by Crippen LogP contribution is 2.39. The fourth-order valence-electron chi connectivity index (χ4n) is 4.20. The zero-order valence-electron chi connectivity index (χ0n) is 19.0. The van der Waals surface area contributed by atoms with Gasteiger partial charge in [-0.25, -0.2) is 9.78 Å². The van der Waals surface area contributed by atoms with E-state index < -0.39 is 5.97 Å². The van der Waals surface area contributed by atoms with Gasteiger partial charge in [0.1, 0.15) is 9.83 Å². The fraction of sp³-hybridized carbons (Fsp3) is 0.280. The quantitative estimate of drug-likeness (QED) is 0.188. The van der Waals surface area contributed by atoms with Crippen LogP contribution in [0.2, 0.25) is 0 Å². The lowest BCUT2D eigenvalue weighted by Gasteiger charge is -2.12. The first-order valence-corrected chi connectivity index (χ1v) is 14.0. The van der Waals surface area contributed by atoms with E-state index in [-0.39, 0.29) is 23.8 Å². The molecule has 0 saturated carbocycles. The SMILES string of the molecule is CCOC(=O)c1c(NC(=O)CSc2nc3scc(-c4ccccc4)c3c(=O)[nH]2)sc2c1CCCC2. The minimum atomic E-state index is -0.391. The number of esters is 1. The topological polar surface area (TPSA) is 101 Å². The lowest BCUT2D eigenvalue weighted by Crippen LogP contribution is -2.17. The normalized spacial score (nSPS) is 12.9. The number of nitrogens with one attached hydrogen (secondary N) is 2. The number of anilines is 1. The molecule has 1 aliphatic carbocycles. The van der Waals surface area contributed by atoms with Gasteiger partial charge < -0.3 is 15.0 Å². The lowest BCUT2D eigenvalue weighted by atomic mass is 9.95. The van der Waals surface area contributed by atoms with Crippen LogP contribution in [-0.2, 0) is 22.4 Å². The molecule has 1 amide bonds. The van der Waals surface area contributed by atoms with Crippen molar-refractivity contribution in [3.8, 4) is 11.1 Å². The van der Waals surface area contributed by atoms with Gasteiger partial charge in [-0.3, -0.25) is 9.59 Å². The zero-order chi connectivity index (χ0) is 24.4. The van der Waals surface area contributed by atoms with Gasteiger partial charge in [0.15, 0.2) is 5.16 Å². The summed E-state index contributed by atoms with van der Waals surface area (Å²) in [7, 11) is 0. The van der Waals surface area contributed by atoms with Crippen molar-refractivity contribution in [2.75, 3.05) is 17.7 Å². The number of amides is 1. The molecule has 0 unspecified atom stereocenters. The monoisotopic (exact) mass is 525 g/mol. The van der Waals surface area contributed by atoms with Crippen LogP contribution in [0.3, 0.4) is 0 Å². The first-order chi connectivity index (χ1) is 17.0. The van der Waals surface area contributed by atoms with E-state index in [1.165, 1.54) is 22.7 Å². The first-order valence-electron chi connectivity index (χ1n) is 11.4. The summed E-state index contributed by atoms with van der Waals surface area (Å²) in [6.45, 7) is 2.05. The van der Waals surface area contributed by atoms with E-state index in [0.717, 1.165) is 59.0 Å². The Morgan fingerprint density at radius 1 is 1.20 bits per heavy atom. The number of carbonyl (C=O) groups is 2. The van der Waals surface area contributed by atoms with Gasteiger partial charge in [0.25, 0.3) is 5.56 Å². The minimum Gasteiger partial charge on any atom is -0.462 e. The number of aromatic amines is 1. The van der Waals surface area contributed by atoms with Crippen LogP contribution in [0.4, 0.5) is 5.00 Å². The summed E-state index contributed by atoms with van der Waals surface area (Å²) in [6, 6.07) is 9.71. The molecule has 0 spiro atoms. The molecule has 4 aromatic rings. The molecule has 35 heavy (non-hydrogen) atoms. The molecule has 7 nitrogen and oxygen atoms in total. The van der Waals surface area contributed by atoms with Gasteiger partial charge >= 0.3 is 5.97 Å². The number of H-pyrrole nitrogens is 1. The van der Waals surface area contributed by atoms with E-state index in [1.807, 2.05) is 35.7 Å². The lowest BCUT2D eigenvalue weighted by molar-refractivity contribution is -0.113. The first kappa shape index (κ1) is 23.8. The summed E-state index contributed by atoms with van der Waals surface area (Å²) in [5.41, 5.74) is 3.08. The number of hydrogen-bond acceptors (Lipinski definition) is 8. The van der Waals surface area contributed by atoms with Crippen LogP contribution in [0.5, 0.6) is 0 Å². The summed E-state index contributed by atoms with van der Waals surface area (Å²) < 4.78 is 5.25. The van der Waals surface area contributed by atoms with E-state index in [4.69, 9.17) is 4.74 Å². The second kappa shape index (κ2) is 10.3. The van der Waals surface area contributed by atoms with Crippen LogP contribution < -0.4 is 10.9 Å². The Bertz CT molecular complexity index is 1460. The molecule has 0 saturated heterocycles. The third-order valence-electron chi connectivity index (χ3n) is 5.75. The molecule has 2 N–H and O–H groups in total. The third kappa shape index (κ3) is 4.91. The Balaban J connectivity index is 1.32. The number of benzene rings is 1. The standard InChI is InChI=1S/C25H23N3O4S3/c1-2-32-24(31)20-15-10-6-7-11-17(15)35-23(20)26-18(29)13-34-25-27-21(30)19-16(12-33-22(19)28-25)14-8-4-3-5-9-14/h3-5,8-9,12H,2,6-7,10-11,13H2,1H3,(H,26,29)(H,27,28,30). The molecule has 3 heterocycles. The van der Waals surface area contributed by atoms with E-state index in [0.29, 0.717) is 25.9 Å². The minimum absolute atomic E-state index is 0.0518. The van der Waals surface area contributed by atoms with Crippen LogP contribution in [0.25, 0.3) is 21.3 Å². The Hall–Kier alpha value is -2.95. The van der Waals surface area contributed by atoms with Crippen molar-refractivity contribution >= 4 is 61.5 Å². The van der Waals surface area contributed by atoms with Crippen LogP contribution in [0.15, 0.2) is 45.7 Å². The van der Waals surface area contributed by atoms with Crippen LogP contribution in [0, 0.1) is 0 Å². The Morgan fingerprint density at radius 3 is 2.80 bits per heavy atom. The summed E-state index contributed by atoms with van der Waals surface area (Å²) >= 11 is 4.02. The molecule has 10 heteroatoms. The van der Waals surface area contributed by atoms with Gasteiger partial charge in [-0.2, -0.15) is 0 Å². The molecule has 1 aromatic carbocycles. The van der Waals surface area contributed by atoms with Crippen molar-refractivity contribution < 1.29 is 14.3 Å². The van der Waals surface area contributed by atoms with E-state index >= 15 is 0 Å². The van der Waals surface area contributed by atoms with Crippen molar-refractivity contribution in [1.29, 1.82) is 0 Å². The summed E-state index contributed by atoms with van der Waals surface area (Å²) in [5, 5.41) is 6.31.